The van der Waals surface area contributed by atoms with Crippen molar-refractivity contribution in [1.82, 2.24) is 9.55 Å². The van der Waals surface area contributed by atoms with Gasteiger partial charge in [-0.2, -0.15) is 0 Å². The fourth-order valence-corrected chi connectivity index (χ4v) is 2.14. The Morgan fingerprint density at radius 2 is 2.35 bits per heavy atom. The van der Waals surface area contributed by atoms with E-state index in [9.17, 15) is 19.5 Å². The highest BCUT2D eigenvalue weighted by Crippen LogP contribution is 2.37. The standard InChI is InChI=1S/C15H22FN3O7/c1-7(2)10(17)13(23)25-6-15(16)3-9(21)12(26-15)19-4-8(5-20)11(22)18-14(19)24/h4,7,9-10,12,20-21H,3,5-6,17H2,1-2H3,(H,18,22,24)/t9-,10+,12-,15+/m1/s1/i6D2,12D. The number of hydrogen-bond acceptors (Lipinski definition) is 8. The van der Waals surface area contributed by atoms with Gasteiger partial charge in [-0.15, -0.1) is 0 Å². The second-order valence-corrected chi connectivity index (χ2v) is 6.12. The molecule has 0 bridgehead atoms. The van der Waals surface area contributed by atoms with E-state index in [0.29, 0.717) is 10.8 Å². The number of alkyl halides is 1. The number of H-pyrrole nitrogens is 1. The lowest BCUT2D eigenvalue weighted by molar-refractivity contribution is -0.196. The average molecular weight is 378 g/mol. The van der Waals surface area contributed by atoms with Crippen LogP contribution < -0.4 is 17.0 Å². The Labute approximate surface area is 151 Å². The van der Waals surface area contributed by atoms with Gasteiger partial charge in [0, 0.05) is 12.6 Å². The molecule has 0 spiro atoms. The maximum atomic E-state index is 15.3. The van der Waals surface area contributed by atoms with Crippen LogP contribution in [0, 0.1) is 5.92 Å². The van der Waals surface area contributed by atoms with Crippen LogP contribution in [0.25, 0.3) is 0 Å². The molecule has 5 N–H and O–H groups in total. The van der Waals surface area contributed by atoms with Crippen molar-refractivity contribution in [1.29, 1.82) is 0 Å². The number of aliphatic hydroxyl groups excluding tert-OH is 2. The smallest absolute Gasteiger partial charge is 0.330 e. The van der Waals surface area contributed by atoms with Crippen molar-refractivity contribution in [3.8, 4) is 0 Å². The van der Waals surface area contributed by atoms with Crippen LogP contribution in [0.2, 0.25) is 0 Å². The van der Waals surface area contributed by atoms with Crippen LogP contribution in [0.4, 0.5) is 4.39 Å². The molecule has 0 aromatic carbocycles. The van der Waals surface area contributed by atoms with Crippen LogP contribution in [-0.4, -0.2) is 50.3 Å². The van der Waals surface area contributed by atoms with Crippen molar-refractivity contribution >= 4 is 5.97 Å². The Morgan fingerprint density at radius 3 is 2.92 bits per heavy atom. The summed E-state index contributed by atoms with van der Waals surface area (Å²) in [6.45, 7) is -1.21. The number of hydrogen-bond donors (Lipinski definition) is 4. The van der Waals surface area contributed by atoms with Crippen LogP contribution in [0.5, 0.6) is 0 Å². The van der Waals surface area contributed by atoms with E-state index in [1.165, 1.54) is 0 Å². The van der Waals surface area contributed by atoms with E-state index in [1.807, 2.05) is 0 Å². The first-order valence-corrected chi connectivity index (χ1v) is 7.70. The normalized spacial score (nSPS) is 32.0. The number of nitrogens with two attached hydrogens (primary N) is 1. The van der Waals surface area contributed by atoms with Crippen LogP contribution in [-0.2, 0) is 20.9 Å². The minimum Gasteiger partial charge on any atom is -0.458 e. The van der Waals surface area contributed by atoms with E-state index in [4.69, 9.17) is 19.7 Å². The van der Waals surface area contributed by atoms with Crippen molar-refractivity contribution in [3.63, 3.8) is 0 Å². The number of carbonyl (C=O) groups excluding carboxylic acids is 1. The number of esters is 1. The molecule has 146 valence electrons. The second-order valence-electron chi connectivity index (χ2n) is 6.12. The highest BCUT2D eigenvalue weighted by molar-refractivity contribution is 5.75. The third-order valence-electron chi connectivity index (χ3n) is 3.73. The summed E-state index contributed by atoms with van der Waals surface area (Å²) < 4.78 is 48.6. The van der Waals surface area contributed by atoms with Crippen molar-refractivity contribution in [3.05, 3.63) is 32.6 Å². The molecule has 26 heavy (non-hydrogen) atoms. The monoisotopic (exact) mass is 378 g/mol. The second kappa shape index (κ2) is 7.66. The predicted octanol–water partition coefficient (Wildman–Crippen LogP) is -1.50. The van der Waals surface area contributed by atoms with Gasteiger partial charge in [0.2, 0.25) is 5.85 Å². The summed E-state index contributed by atoms with van der Waals surface area (Å²) in [5, 5.41) is 19.3. The predicted molar refractivity (Wildman–Crippen MR) is 85.6 cm³/mol. The molecule has 1 aromatic rings. The van der Waals surface area contributed by atoms with Gasteiger partial charge in [0.15, 0.2) is 12.8 Å². The van der Waals surface area contributed by atoms with Crippen LogP contribution in [0.3, 0.4) is 0 Å². The van der Waals surface area contributed by atoms with E-state index < -0.39 is 66.9 Å². The van der Waals surface area contributed by atoms with E-state index in [1.54, 1.807) is 18.8 Å². The summed E-state index contributed by atoms with van der Waals surface area (Å²) in [6.07, 6.45) is -5.55. The average Bonchev–Trinajstić information content (AvgIpc) is 2.84. The molecule has 0 aliphatic carbocycles. The molecule has 0 radical (unpaired) electrons. The summed E-state index contributed by atoms with van der Waals surface area (Å²) in [4.78, 5) is 37.3. The van der Waals surface area contributed by atoms with E-state index in [2.05, 4.69) is 4.74 Å². The topological polar surface area (TPSA) is 157 Å². The minimum absolute atomic E-state index is 0.295. The fourth-order valence-electron chi connectivity index (χ4n) is 2.14. The van der Waals surface area contributed by atoms with Crippen molar-refractivity contribution < 1.29 is 33.0 Å². The van der Waals surface area contributed by atoms with Gasteiger partial charge in [0.05, 0.1) is 16.3 Å². The fraction of sp³-hybridized carbons (Fsp3) is 0.667. The van der Waals surface area contributed by atoms with E-state index >= 15 is 4.39 Å². The maximum absolute atomic E-state index is 15.3. The molecular weight excluding hydrogens is 353 g/mol. The van der Waals surface area contributed by atoms with Gasteiger partial charge in [-0.05, 0) is 5.92 Å². The van der Waals surface area contributed by atoms with E-state index in [0.717, 1.165) is 0 Å². The first kappa shape index (κ1) is 16.1. The molecule has 11 heteroatoms. The first-order valence-electron chi connectivity index (χ1n) is 9.20. The Hall–Kier alpha value is -2.08. The molecule has 0 amide bonds. The molecule has 1 fully saturated rings. The lowest BCUT2D eigenvalue weighted by atomic mass is 10.1. The number of carbonyl (C=O) groups is 1. The highest BCUT2D eigenvalue weighted by atomic mass is 19.2. The number of nitrogens with zero attached hydrogens (tertiary/aromatic N) is 1. The quantitative estimate of drug-likeness (QED) is 0.436. The lowest BCUT2D eigenvalue weighted by Gasteiger charge is -2.22. The molecule has 0 saturated carbocycles. The zero-order chi connectivity index (χ0) is 22.4. The molecule has 2 rings (SSSR count). The number of aromatic amines is 1. The SMILES string of the molecule is [2H]C([2H])(OC(=O)[C@@H](N)C(C)C)[C@]1(F)C[C@@H](O)[C@]([2H])(n2cc(CO)c(=O)[nH]c2=O)O1. The lowest BCUT2D eigenvalue weighted by Crippen LogP contribution is -2.40. The molecule has 0 unspecified atom stereocenters. The molecule has 1 saturated heterocycles. The summed E-state index contributed by atoms with van der Waals surface area (Å²) in [7, 11) is 0. The molecule has 1 aliphatic rings. The maximum Gasteiger partial charge on any atom is 0.330 e. The molecule has 4 atom stereocenters. The Balaban J connectivity index is 2.41. The third-order valence-corrected chi connectivity index (χ3v) is 3.73. The van der Waals surface area contributed by atoms with E-state index in [-0.39, 0.29) is 5.56 Å². The highest BCUT2D eigenvalue weighted by Gasteiger charge is 2.49. The minimum atomic E-state index is -3.53. The first-order chi connectivity index (χ1) is 13.2. The summed E-state index contributed by atoms with van der Waals surface area (Å²) in [5.74, 6) is -5.25. The molecule has 1 aliphatic heterocycles. The zero-order valence-corrected chi connectivity index (χ0v) is 14.1. The number of rotatable bonds is 6. The summed E-state index contributed by atoms with van der Waals surface area (Å²) >= 11 is 0. The Kier molecular flexibility index (Phi) is 4.75. The number of nitrogens with one attached hydrogen (secondary N) is 1. The Morgan fingerprint density at radius 1 is 1.69 bits per heavy atom. The van der Waals surface area contributed by atoms with Crippen LogP contribution in [0.1, 0.15) is 36.1 Å². The number of halogens is 1. The van der Waals surface area contributed by atoms with Crippen LogP contribution in [0.15, 0.2) is 15.8 Å². The van der Waals surface area contributed by atoms with Gasteiger partial charge in [-0.25, -0.2) is 9.18 Å². The van der Waals surface area contributed by atoms with Crippen LogP contribution >= 0.6 is 0 Å². The molecule has 1 aromatic heterocycles. The van der Waals surface area contributed by atoms with Gasteiger partial charge in [0.25, 0.3) is 5.56 Å². The number of aromatic nitrogens is 2. The zero-order valence-electron chi connectivity index (χ0n) is 17.1. The van der Waals surface area contributed by atoms with Crippen molar-refractivity contribution in [2.75, 3.05) is 6.56 Å². The van der Waals surface area contributed by atoms with Gasteiger partial charge in [-0.1, -0.05) is 13.8 Å². The third kappa shape index (κ3) is 4.18. The molecular formula is C15H22FN3O7. The van der Waals surface area contributed by atoms with Gasteiger partial charge in [0.1, 0.15) is 12.1 Å². The largest absolute Gasteiger partial charge is 0.458 e. The number of aliphatic hydroxyl groups is 2. The van der Waals surface area contributed by atoms with Crippen molar-refractivity contribution in [2.45, 2.75) is 51.1 Å². The Bertz CT molecular complexity index is 908. The molecule has 10 nitrogen and oxygen atoms in total. The van der Waals surface area contributed by atoms with Gasteiger partial charge < -0.3 is 25.4 Å². The number of ether oxygens (including phenoxy) is 2. The van der Waals surface area contributed by atoms with Crippen molar-refractivity contribution in [2.24, 2.45) is 11.7 Å². The summed E-state index contributed by atoms with van der Waals surface area (Å²) in [6, 6.07) is -1.27. The summed E-state index contributed by atoms with van der Waals surface area (Å²) in [5.41, 5.74) is 2.92. The van der Waals surface area contributed by atoms with Gasteiger partial charge in [-0.3, -0.25) is 19.1 Å². The molecule has 2 heterocycles. The van der Waals surface area contributed by atoms with Gasteiger partial charge >= 0.3 is 11.7 Å².